The average molecular weight is 421 g/mol. The van der Waals surface area contributed by atoms with Crippen molar-refractivity contribution in [1.29, 1.82) is 0 Å². The van der Waals surface area contributed by atoms with Crippen molar-refractivity contribution < 1.29 is 9.59 Å². The number of carbonyl (C=O) groups excluding carboxylic acids is 2. The van der Waals surface area contributed by atoms with Gasteiger partial charge < -0.3 is 16.0 Å². The van der Waals surface area contributed by atoms with Gasteiger partial charge in [-0.3, -0.25) is 14.5 Å². The van der Waals surface area contributed by atoms with E-state index >= 15 is 0 Å². The fourth-order valence-corrected chi connectivity index (χ4v) is 3.56. The standard InChI is InChI=1S/C20H22Cl2N4O2/c1-13(20(28)24-17-4-2-3-16(21)18(17)22)25-9-11-26(12-10-25)15-7-5-14(6-8-15)19(23)27/h2-8,13H,9-12H2,1H3,(H2,23,27)(H,24,28). The number of hydrogen-bond acceptors (Lipinski definition) is 4. The van der Waals surface area contributed by atoms with E-state index in [1.54, 1.807) is 30.3 Å². The van der Waals surface area contributed by atoms with Gasteiger partial charge in [0.05, 0.1) is 21.8 Å². The highest BCUT2D eigenvalue weighted by Gasteiger charge is 2.26. The number of anilines is 2. The lowest BCUT2D eigenvalue weighted by Gasteiger charge is -2.38. The molecule has 2 aromatic rings. The molecule has 6 nitrogen and oxygen atoms in total. The summed E-state index contributed by atoms with van der Waals surface area (Å²) in [5, 5.41) is 3.60. The van der Waals surface area contributed by atoms with E-state index < -0.39 is 5.91 Å². The zero-order chi connectivity index (χ0) is 20.3. The van der Waals surface area contributed by atoms with E-state index in [0.717, 1.165) is 31.9 Å². The summed E-state index contributed by atoms with van der Waals surface area (Å²) >= 11 is 12.2. The maximum absolute atomic E-state index is 12.6. The van der Waals surface area contributed by atoms with E-state index in [4.69, 9.17) is 28.9 Å². The van der Waals surface area contributed by atoms with Crippen LogP contribution in [0.1, 0.15) is 17.3 Å². The summed E-state index contributed by atoms with van der Waals surface area (Å²) in [5.74, 6) is -0.556. The predicted molar refractivity (Wildman–Crippen MR) is 113 cm³/mol. The largest absolute Gasteiger partial charge is 0.369 e. The van der Waals surface area contributed by atoms with E-state index in [1.165, 1.54) is 0 Å². The highest BCUT2D eigenvalue weighted by Crippen LogP contribution is 2.29. The first-order chi connectivity index (χ1) is 13.4. The molecule has 0 spiro atoms. The predicted octanol–water partition coefficient (Wildman–Crippen LogP) is 3.24. The molecule has 1 aliphatic heterocycles. The van der Waals surface area contributed by atoms with Crippen molar-refractivity contribution in [3.05, 3.63) is 58.1 Å². The lowest BCUT2D eigenvalue weighted by Crippen LogP contribution is -2.52. The van der Waals surface area contributed by atoms with Crippen molar-refractivity contribution in [2.24, 2.45) is 5.73 Å². The fraction of sp³-hybridized carbons (Fsp3) is 0.300. The molecule has 0 saturated carbocycles. The Morgan fingerprint density at radius 1 is 1.04 bits per heavy atom. The van der Waals surface area contributed by atoms with Crippen molar-refractivity contribution in [3.8, 4) is 0 Å². The molecule has 3 rings (SSSR count). The number of benzene rings is 2. The molecule has 0 bridgehead atoms. The highest BCUT2D eigenvalue weighted by atomic mass is 35.5. The number of hydrogen-bond donors (Lipinski definition) is 2. The third kappa shape index (κ3) is 4.58. The molecule has 1 heterocycles. The summed E-state index contributed by atoms with van der Waals surface area (Å²) in [4.78, 5) is 28.2. The van der Waals surface area contributed by atoms with Gasteiger partial charge in [-0.1, -0.05) is 29.3 Å². The second-order valence-electron chi connectivity index (χ2n) is 6.70. The number of amides is 2. The monoisotopic (exact) mass is 420 g/mol. The van der Waals surface area contributed by atoms with E-state index in [9.17, 15) is 9.59 Å². The van der Waals surface area contributed by atoms with Crippen LogP contribution < -0.4 is 16.0 Å². The Morgan fingerprint density at radius 2 is 1.68 bits per heavy atom. The van der Waals surface area contributed by atoms with Gasteiger partial charge in [-0.05, 0) is 43.3 Å². The molecule has 2 amide bonds. The van der Waals surface area contributed by atoms with Crippen molar-refractivity contribution >= 4 is 46.4 Å². The van der Waals surface area contributed by atoms with Gasteiger partial charge in [0, 0.05) is 37.4 Å². The normalized spacial score (nSPS) is 15.9. The molecular formula is C20H22Cl2N4O2. The second kappa shape index (κ2) is 8.82. The Hall–Kier alpha value is -2.28. The molecule has 1 fully saturated rings. The number of rotatable bonds is 5. The average Bonchev–Trinajstić information content (AvgIpc) is 2.71. The summed E-state index contributed by atoms with van der Waals surface area (Å²) in [7, 11) is 0. The second-order valence-corrected chi connectivity index (χ2v) is 7.49. The van der Waals surface area contributed by atoms with Gasteiger partial charge >= 0.3 is 0 Å². The fourth-order valence-electron chi connectivity index (χ4n) is 3.21. The van der Waals surface area contributed by atoms with E-state index in [1.807, 2.05) is 19.1 Å². The maximum atomic E-state index is 12.6. The molecule has 1 unspecified atom stereocenters. The first kappa shape index (κ1) is 20.5. The molecule has 28 heavy (non-hydrogen) atoms. The van der Waals surface area contributed by atoms with Gasteiger partial charge in [-0.25, -0.2) is 0 Å². The topological polar surface area (TPSA) is 78.7 Å². The summed E-state index contributed by atoms with van der Waals surface area (Å²) in [6.45, 7) is 4.94. The molecular weight excluding hydrogens is 399 g/mol. The van der Waals surface area contributed by atoms with Crippen LogP contribution in [0, 0.1) is 0 Å². The number of halogens is 2. The third-order valence-electron chi connectivity index (χ3n) is 4.97. The quantitative estimate of drug-likeness (QED) is 0.777. The number of piperazine rings is 1. The minimum Gasteiger partial charge on any atom is -0.369 e. The number of nitrogens with zero attached hydrogens (tertiary/aromatic N) is 2. The molecule has 0 radical (unpaired) electrons. The van der Waals surface area contributed by atoms with Gasteiger partial charge in [0.1, 0.15) is 0 Å². The minimum absolute atomic E-state index is 0.122. The van der Waals surface area contributed by atoms with E-state index in [0.29, 0.717) is 21.3 Å². The van der Waals surface area contributed by atoms with Crippen molar-refractivity contribution in [3.63, 3.8) is 0 Å². The first-order valence-corrected chi connectivity index (χ1v) is 9.76. The Bertz CT molecular complexity index is 865. The highest BCUT2D eigenvalue weighted by molar-refractivity contribution is 6.44. The summed E-state index contributed by atoms with van der Waals surface area (Å²) in [5.41, 5.74) is 7.32. The van der Waals surface area contributed by atoms with Gasteiger partial charge in [0.15, 0.2) is 0 Å². The number of primary amides is 1. The molecule has 8 heteroatoms. The molecule has 1 aliphatic rings. The number of carbonyl (C=O) groups is 2. The third-order valence-corrected chi connectivity index (χ3v) is 5.79. The van der Waals surface area contributed by atoms with Crippen LogP contribution in [-0.2, 0) is 4.79 Å². The Labute approximate surface area is 174 Å². The Morgan fingerprint density at radius 3 is 2.29 bits per heavy atom. The first-order valence-electron chi connectivity index (χ1n) is 9.00. The zero-order valence-electron chi connectivity index (χ0n) is 15.5. The smallest absolute Gasteiger partial charge is 0.248 e. The molecule has 0 aromatic heterocycles. The van der Waals surface area contributed by atoms with Crippen LogP contribution in [0.15, 0.2) is 42.5 Å². The minimum atomic E-state index is -0.434. The van der Waals surface area contributed by atoms with Crippen LogP contribution in [-0.4, -0.2) is 48.9 Å². The maximum Gasteiger partial charge on any atom is 0.248 e. The van der Waals surface area contributed by atoms with Gasteiger partial charge in [-0.15, -0.1) is 0 Å². The lowest BCUT2D eigenvalue weighted by molar-refractivity contribution is -0.120. The molecule has 0 aliphatic carbocycles. The Kier molecular flexibility index (Phi) is 6.44. The lowest BCUT2D eigenvalue weighted by atomic mass is 10.1. The van der Waals surface area contributed by atoms with Crippen LogP contribution in [0.2, 0.25) is 10.0 Å². The van der Waals surface area contributed by atoms with Crippen LogP contribution in [0.4, 0.5) is 11.4 Å². The van der Waals surface area contributed by atoms with Gasteiger partial charge in [-0.2, -0.15) is 0 Å². The van der Waals surface area contributed by atoms with Crippen LogP contribution in [0.25, 0.3) is 0 Å². The van der Waals surface area contributed by atoms with Crippen molar-refractivity contribution in [1.82, 2.24) is 4.90 Å². The zero-order valence-corrected chi connectivity index (χ0v) is 17.0. The molecule has 1 atom stereocenters. The van der Waals surface area contributed by atoms with Crippen molar-refractivity contribution in [2.45, 2.75) is 13.0 Å². The Balaban J connectivity index is 1.57. The van der Waals surface area contributed by atoms with Crippen LogP contribution >= 0.6 is 23.2 Å². The summed E-state index contributed by atoms with van der Waals surface area (Å²) in [6.07, 6.45) is 0. The molecule has 3 N–H and O–H groups in total. The van der Waals surface area contributed by atoms with Crippen LogP contribution in [0.5, 0.6) is 0 Å². The molecule has 2 aromatic carbocycles. The SMILES string of the molecule is CC(C(=O)Nc1cccc(Cl)c1Cl)N1CCN(c2ccc(C(N)=O)cc2)CC1. The molecule has 1 saturated heterocycles. The summed E-state index contributed by atoms with van der Waals surface area (Å²) < 4.78 is 0. The van der Waals surface area contributed by atoms with Gasteiger partial charge in [0.25, 0.3) is 0 Å². The van der Waals surface area contributed by atoms with Gasteiger partial charge in [0.2, 0.25) is 11.8 Å². The van der Waals surface area contributed by atoms with E-state index in [-0.39, 0.29) is 11.9 Å². The van der Waals surface area contributed by atoms with Crippen LogP contribution in [0.3, 0.4) is 0 Å². The molecule has 148 valence electrons. The van der Waals surface area contributed by atoms with Crippen molar-refractivity contribution in [2.75, 3.05) is 36.4 Å². The summed E-state index contributed by atoms with van der Waals surface area (Å²) in [6, 6.07) is 12.1. The number of nitrogens with one attached hydrogen (secondary N) is 1. The number of nitrogens with two attached hydrogens (primary N) is 1. The van der Waals surface area contributed by atoms with E-state index in [2.05, 4.69) is 15.1 Å².